The van der Waals surface area contributed by atoms with Crippen LogP contribution in [0.1, 0.15) is 38.9 Å². The van der Waals surface area contributed by atoms with Crippen LogP contribution in [0.25, 0.3) is 0 Å². The lowest BCUT2D eigenvalue weighted by atomic mass is 10.2. The fraction of sp³-hybridized carbons (Fsp3) is 0.450. The van der Waals surface area contributed by atoms with Gasteiger partial charge in [-0.05, 0) is 18.6 Å². The SMILES string of the molecule is N/C(=C\NCC(F)CCc1nnc(C(=O)NCc2cc(C(F)(F)F)ccn2)s1)C(=O)NCCC(F)(F)F. The van der Waals surface area contributed by atoms with Crippen LogP contribution in [0.2, 0.25) is 0 Å². The van der Waals surface area contributed by atoms with E-state index in [4.69, 9.17) is 5.73 Å². The number of carbonyl (C=O) groups excluding carboxylic acids is 2. The van der Waals surface area contributed by atoms with Gasteiger partial charge in [-0.15, -0.1) is 10.2 Å². The smallest absolute Gasteiger partial charge is 0.393 e. The summed E-state index contributed by atoms with van der Waals surface area (Å²) in [6.07, 6.45) is -9.58. The Morgan fingerprint density at radius 3 is 2.54 bits per heavy atom. The Balaban J connectivity index is 1.73. The third-order valence-corrected chi connectivity index (χ3v) is 5.44. The first-order valence-corrected chi connectivity index (χ1v) is 11.4. The van der Waals surface area contributed by atoms with Crippen LogP contribution in [0.5, 0.6) is 0 Å². The lowest BCUT2D eigenvalue weighted by Gasteiger charge is -2.09. The zero-order chi connectivity index (χ0) is 27.6. The van der Waals surface area contributed by atoms with Crippen LogP contribution in [0.4, 0.5) is 30.7 Å². The molecule has 2 aromatic heterocycles. The third-order valence-electron chi connectivity index (χ3n) is 4.46. The third kappa shape index (κ3) is 11.0. The minimum atomic E-state index is -4.54. The highest BCUT2D eigenvalue weighted by molar-refractivity contribution is 7.13. The number of aromatic nitrogens is 3. The zero-order valence-corrected chi connectivity index (χ0v) is 19.7. The molecule has 0 aliphatic carbocycles. The molecular weight excluding hydrogens is 535 g/mol. The molecule has 0 aromatic carbocycles. The van der Waals surface area contributed by atoms with Gasteiger partial charge in [-0.1, -0.05) is 11.3 Å². The molecule has 1 unspecified atom stereocenters. The lowest BCUT2D eigenvalue weighted by molar-refractivity contribution is -0.138. The number of nitrogens with two attached hydrogens (primary N) is 1. The molecule has 0 radical (unpaired) electrons. The molecule has 0 aliphatic heterocycles. The summed E-state index contributed by atoms with van der Waals surface area (Å²) in [7, 11) is 0. The molecule has 204 valence electrons. The summed E-state index contributed by atoms with van der Waals surface area (Å²) in [5.74, 6) is -1.62. The Labute approximate surface area is 209 Å². The lowest BCUT2D eigenvalue weighted by Crippen LogP contribution is -2.33. The van der Waals surface area contributed by atoms with Crippen molar-refractivity contribution in [2.24, 2.45) is 5.73 Å². The molecule has 2 rings (SSSR count). The van der Waals surface area contributed by atoms with Gasteiger partial charge in [0.25, 0.3) is 11.8 Å². The van der Waals surface area contributed by atoms with Crippen molar-refractivity contribution < 1.29 is 40.3 Å². The first-order chi connectivity index (χ1) is 17.2. The van der Waals surface area contributed by atoms with Gasteiger partial charge in [-0.3, -0.25) is 14.6 Å². The van der Waals surface area contributed by atoms with Crippen LogP contribution in [-0.2, 0) is 23.9 Å². The second kappa shape index (κ2) is 13.2. The Morgan fingerprint density at radius 1 is 1.14 bits per heavy atom. The van der Waals surface area contributed by atoms with Crippen LogP contribution in [0, 0.1) is 0 Å². The maximum atomic E-state index is 14.1. The topological polar surface area (TPSA) is 135 Å². The number of rotatable bonds is 12. The van der Waals surface area contributed by atoms with Crippen LogP contribution in [-0.4, -0.2) is 52.4 Å². The molecule has 2 aromatic rings. The maximum absolute atomic E-state index is 14.1. The summed E-state index contributed by atoms with van der Waals surface area (Å²) in [4.78, 5) is 27.5. The summed E-state index contributed by atoms with van der Waals surface area (Å²) in [6.45, 7) is -1.17. The Bertz CT molecular complexity index is 1090. The van der Waals surface area contributed by atoms with Crippen molar-refractivity contribution in [3.05, 3.63) is 51.5 Å². The molecule has 0 saturated heterocycles. The van der Waals surface area contributed by atoms with E-state index in [1.165, 1.54) is 0 Å². The summed E-state index contributed by atoms with van der Waals surface area (Å²) in [5.41, 5.74) is 4.08. The molecule has 2 amide bonds. The molecule has 0 spiro atoms. The van der Waals surface area contributed by atoms with E-state index in [0.717, 1.165) is 35.9 Å². The van der Waals surface area contributed by atoms with Gasteiger partial charge in [0, 0.05) is 31.9 Å². The van der Waals surface area contributed by atoms with Crippen molar-refractivity contribution in [3.63, 3.8) is 0 Å². The number of hydrogen-bond acceptors (Lipinski definition) is 8. The Hall–Kier alpha value is -3.50. The van der Waals surface area contributed by atoms with Crippen molar-refractivity contribution >= 4 is 23.2 Å². The van der Waals surface area contributed by atoms with Gasteiger partial charge < -0.3 is 21.7 Å². The van der Waals surface area contributed by atoms with E-state index in [2.05, 4.69) is 25.8 Å². The molecule has 17 heteroatoms. The highest BCUT2D eigenvalue weighted by atomic mass is 32.1. The van der Waals surface area contributed by atoms with Gasteiger partial charge in [-0.25, -0.2) is 4.39 Å². The highest BCUT2D eigenvalue weighted by Crippen LogP contribution is 2.29. The number of halogens is 7. The number of alkyl halides is 7. The first kappa shape index (κ1) is 29.7. The maximum Gasteiger partial charge on any atom is 0.416 e. The molecular formula is C20H22F7N7O2S. The second-order valence-electron chi connectivity index (χ2n) is 7.48. The van der Waals surface area contributed by atoms with Gasteiger partial charge >= 0.3 is 12.4 Å². The van der Waals surface area contributed by atoms with E-state index in [1.54, 1.807) is 0 Å². The molecule has 1 atom stereocenters. The minimum absolute atomic E-state index is 0.00541. The average molecular weight is 557 g/mol. The van der Waals surface area contributed by atoms with E-state index in [1.807, 2.05) is 5.32 Å². The number of aryl methyl sites for hydroxylation is 1. The standard InChI is InChI=1S/C20H22F7N7O2S/c21-12(8-29-10-14(28)16(35)31-6-4-19(22,23)24)1-2-15-33-34-18(37-15)17(36)32-9-13-7-11(3-5-30-13)20(25,26)27/h3,5,7,10,12,29H,1-2,4,6,8-9,28H2,(H,31,35)(H,32,36)/b14-10-. The van der Waals surface area contributed by atoms with E-state index in [0.29, 0.717) is 5.01 Å². The van der Waals surface area contributed by atoms with Gasteiger partial charge in [0.1, 0.15) is 16.9 Å². The fourth-order valence-electron chi connectivity index (χ4n) is 2.61. The number of amides is 2. The molecule has 2 heterocycles. The van der Waals surface area contributed by atoms with Crippen LogP contribution < -0.4 is 21.7 Å². The van der Waals surface area contributed by atoms with Gasteiger partial charge in [0.15, 0.2) is 0 Å². The predicted octanol–water partition coefficient (Wildman–Crippen LogP) is 2.61. The molecule has 37 heavy (non-hydrogen) atoms. The average Bonchev–Trinajstić information content (AvgIpc) is 3.29. The molecule has 0 fully saturated rings. The number of carbonyl (C=O) groups is 2. The Morgan fingerprint density at radius 2 is 1.86 bits per heavy atom. The van der Waals surface area contributed by atoms with Crippen molar-refractivity contribution in [2.75, 3.05) is 13.1 Å². The summed E-state index contributed by atoms with van der Waals surface area (Å²) in [5, 5.41) is 14.6. The van der Waals surface area contributed by atoms with E-state index < -0.39 is 54.6 Å². The number of pyridine rings is 1. The number of nitrogens with zero attached hydrogens (tertiary/aromatic N) is 3. The van der Waals surface area contributed by atoms with Gasteiger partial charge in [-0.2, -0.15) is 26.3 Å². The van der Waals surface area contributed by atoms with Crippen molar-refractivity contribution in [3.8, 4) is 0 Å². The fourth-order valence-corrected chi connectivity index (χ4v) is 3.38. The van der Waals surface area contributed by atoms with Gasteiger partial charge in [0.05, 0.1) is 24.2 Å². The molecule has 9 nitrogen and oxygen atoms in total. The van der Waals surface area contributed by atoms with Crippen LogP contribution in [0.15, 0.2) is 30.2 Å². The minimum Gasteiger partial charge on any atom is -0.393 e. The zero-order valence-electron chi connectivity index (χ0n) is 18.9. The Kier molecular flexibility index (Phi) is 10.6. The van der Waals surface area contributed by atoms with E-state index in [9.17, 15) is 40.3 Å². The van der Waals surface area contributed by atoms with E-state index >= 15 is 0 Å². The van der Waals surface area contributed by atoms with Crippen molar-refractivity contribution in [1.82, 2.24) is 31.1 Å². The molecule has 5 N–H and O–H groups in total. The monoisotopic (exact) mass is 557 g/mol. The predicted molar refractivity (Wildman–Crippen MR) is 117 cm³/mol. The number of hydrogen-bond donors (Lipinski definition) is 4. The summed E-state index contributed by atoms with van der Waals surface area (Å²) >= 11 is 0.881. The highest BCUT2D eigenvalue weighted by Gasteiger charge is 2.30. The molecule has 0 aliphatic rings. The second-order valence-corrected chi connectivity index (χ2v) is 8.54. The first-order valence-electron chi connectivity index (χ1n) is 10.6. The number of nitrogens with one attached hydrogen (secondary N) is 3. The summed E-state index contributed by atoms with van der Waals surface area (Å²) < 4.78 is 88.6. The largest absolute Gasteiger partial charge is 0.416 e. The summed E-state index contributed by atoms with van der Waals surface area (Å²) in [6, 6.07) is 1.62. The normalized spacial score (nSPS) is 13.2. The quantitative estimate of drug-likeness (QED) is 0.233. The van der Waals surface area contributed by atoms with Crippen molar-refractivity contribution in [2.45, 2.75) is 44.3 Å². The van der Waals surface area contributed by atoms with Gasteiger partial charge in [0.2, 0.25) is 5.01 Å². The van der Waals surface area contributed by atoms with Crippen LogP contribution >= 0.6 is 11.3 Å². The van der Waals surface area contributed by atoms with Crippen LogP contribution in [0.3, 0.4) is 0 Å². The van der Waals surface area contributed by atoms with E-state index in [-0.39, 0.29) is 36.6 Å². The molecule has 0 saturated carbocycles. The molecule has 0 bridgehead atoms. The van der Waals surface area contributed by atoms with Crippen molar-refractivity contribution in [1.29, 1.82) is 0 Å².